The van der Waals surface area contributed by atoms with E-state index in [2.05, 4.69) is 49.6 Å². The van der Waals surface area contributed by atoms with Gasteiger partial charge in [-0.05, 0) is 68.3 Å². The number of fused-ring (bicyclic) bond motifs is 1. The highest BCUT2D eigenvalue weighted by Crippen LogP contribution is 2.38. The van der Waals surface area contributed by atoms with Crippen LogP contribution in [0, 0.1) is 13.8 Å². The second-order valence-electron chi connectivity index (χ2n) is 9.01. The summed E-state index contributed by atoms with van der Waals surface area (Å²) in [5.74, 6) is -0.0870. The van der Waals surface area contributed by atoms with Gasteiger partial charge in [-0.2, -0.15) is 0 Å². The topological polar surface area (TPSA) is 40.6 Å². The van der Waals surface area contributed by atoms with E-state index in [-0.39, 0.29) is 30.4 Å². The number of carbonyl (C=O) groups excluding carboxylic acids is 2. The lowest BCUT2D eigenvalue weighted by Gasteiger charge is -2.38. The maximum atomic E-state index is 13.7. The SMILES string of the molecule is CCC(C)N(CC(=O)N1CCc2sccc2C1c1ccc(C)cc1)C(=O)c1ccc(C)cc1. The smallest absolute Gasteiger partial charge is 0.254 e. The summed E-state index contributed by atoms with van der Waals surface area (Å²) in [5.41, 5.74) is 5.27. The van der Waals surface area contributed by atoms with E-state index < -0.39 is 0 Å². The monoisotopic (exact) mass is 460 g/mol. The third-order valence-corrected chi connectivity index (χ3v) is 7.66. The number of nitrogens with zero attached hydrogens (tertiary/aromatic N) is 2. The summed E-state index contributed by atoms with van der Waals surface area (Å²) in [6.07, 6.45) is 1.65. The zero-order valence-corrected chi connectivity index (χ0v) is 20.7. The molecule has 5 heteroatoms. The number of aryl methyl sites for hydroxylation is 2. The first-order valence-corrected chi connectivity index (χ1v) is 12.6. The van der Waals surface area contributed by atoms with Crippen LogP contribution < -0.4 is 0 Å². The molecule has 0 saturated heterocycles. The summed E-state index contributed by atoms with van der Waals surface area (Å²) in [4.78, 5) is 32.2. The van der Waals surface area contributed by atoms with E-state index in [1.165, 1.54) is 16.0 Å². The number of amides is 2. The number of rotatable bonds is 6. The van der Waals surface area contributed by atoms with Crippen molar-refractivity contribution in [1.82, 2.24) is 9.80 Å². The summed E-state index contributed by atoms with van der Waals surface area (Å²) in [5, 5.41) is 2.12. The Kier molecular flexibility index (Phi) is 6.99. The van der Waals surface area contributed by atoms with Gasteiger partial charge in [0.15, 0.2) is 0 Å². The minimum atomic E-state index is -0.110. The molecule has 0 fully saturated rings. The third kappa shape index (κ3) is 4.88. The maximum absolute atomic E-state index is 13.7. The lowest BCUT2D eigenvalue weighted by molar-refractivity contribution is -0.134. The fourth-order valence-corrected chi connectivity index (χ4v) is 5.34. The highest BCUT2D eigenvalue weighted by atomic mass is 32.1. The summed E-state index contributed by atoms with van der Waals surface area (Å²) in [6.45, 7) is 8.90. The Morgan fingerprint density at radius 1 is 1.03 bits per heavy atom. The molecule has 4 rings (SSSR count). The van der Waals surface area contributed by atoms with Crippen LogP contribution in [0.5, 0.6) is 0 Å². The Balaban J connectivity index is 1.63. The van der Waals surface area contributed by atoms with Crippen LogP contribution in [-0.2, 0) is 11.2 Å². The van der Waals surface area contributed by atoms with Gasteiger partial charge in [0.25, 0.3) is 5.91 Å². The Labute approximate surface area is 200 Å². The normalized spacial score (nSPS) is 16.2. The molecule has 1 aromatic heterocycles. The van der Waals surface area contributed by atoms with E-state index in [4.69, 9.17) is 0 Å². The molecule has 4 nitrogen and oxygen atoms in total. The van der Waals surface area contributed by atoms with Gasteiger partial charge in [-0.3, -0.25) is 9.59 Å². The van der Waals surface area contributed by atoms with Crippen molar-refractivity contribution in [3.63, 3.8) is 0 Å². The zero-order valence-electron chi connectivity index (χ0n) is 19.9. The molecule has 33 heavy (non-hydrogen) atoms. The number of benzene rings is 2. The van der Waals surface area contributed by atoms with E-state index in [0.717, 1.165) is 24.0 Å². The lowest BCUT2D eigenvalue weighted by atomic mass is 9.92. The second kappa shape index (κ2) is 9.92. The molecule has 0 radical (unpaired) electrons. The van der Waals surface area contributed by atoms with E-state index in [1.54, 1.807) is 16.2 Å². The van der Waals surface area contributed by atoms with E-state index in [0.29, 0.717) is 12.1 Å². The van der Waals surface area contributed by atoms with Gasteiger partial charge < -0.3 is 9.80 Å². The van der Waals surface area contributed by atoms with Crippen LogP contribution in [0.15, 0.2) is 60.0 Å². The molecule has 0 N–H and O–H groups in total. The number of hydrogen-bond donors (Lipinski definition) is 0. The van der Waals surface area contributed by atoms with Gasteiger partial charge in [0, 0.05) is 23.0 Å². The molecule has 2 amide bonds. The highest BCUT2D eigenvalue weighted by molar-refractivity contribution is 7.10. The number of carbonyl (C=O) groups is 2. The molecular formula is C28H32N2O2S. The molecule has 0 saturated carbocycles. The molecule has 2 aromatic carbocycles. The largest absolute Gasteiger partial charge is 0.330 e. The molecular weight excluding hydrogens is 428 g/mol. The molecule has 2 heterocycles. The van der Waals surface area contributed by atoms with E-state index in [9.17, 15) is 9.59 Å². The zero-order chi connectivity index (χ0) is 23.5. The highest BCUT2D eigenvalue weighted by Gasteiger charge is 2.34. The lowest BCUT2D eigenvalue weighted by Crippen LogP contribution is -2.49. The summed E-state index contributed by atoms with van der Waals surface area (Å²) in [7, 11) is 0. The Morgan fingerprint density at radius 2 is 1.67 bits per heavy atom. The quantitative estimate of drug-likeness (QED) is 0.468. The molecule has 1 aliphatic heterocycles. The summed E-state index contributed by atoms with van der Waals surface area (Å²) in [6, 6.07) is 18.1. The molecule has 0 aliphatic carbocycles. The summed E-state index contributed by atoms with van der Waals surface area (Å²) >= 11 is 1.76. The van der Waals surface area contributed by atoms with Crippen molar-refractivity contribution in [2.75, 3.05) is 13.1 Å². The van der Waals surface area contributed by atoms with Gasteiger partial charge in [-0.25, -0.2) is 0 Å². The minimum Gasteiger partial charge on any atom is -0.330 e. The molecule has 3 aromatic rings. The minimum absolute atomic E-state index is 0.00168. The maximum Gasteiger partial charge on any atom is 0.254 e. The van der Waals surface area contributed by atoms with Crippen LogP contribution in [0.4, 0.5) is 0 Å². The first-order valence-electron chi connectivity index (χ1n) is 11.7. The van der Waals surface area contributed by atoms with Gasteiger partial charge in [0.1, 0.15) is 6.54 Å². The second-order valence-corrected chi connectivity index (χ2v) is 10.0. The van der Waals surface area contributed by atoms with Crippen LogP contribution in [0.3, 0.4) is 0 Å². The van der Waals surface area contributed by atoms with Crippen molar-refractivity contribution in [1.29, 1.82) is 0 Å². The molecule has 0 spiro atoms. The van der Waals surface area contributed by atoms with Crippen molar-refractivity contribution >= 4 is 23.2 Å². The molecule has 2 atom stereocenters. The van der Waals surface area contributed by atoms with Crippen molar-refractivity contribution in [3.05, 3.63) is 92.7 Å². The van der Waals surface area contributed by atoms with Crippen LogP contribution in [0.1, 0.15) is 63.8 Å². The van der Waals surface area contributed by atoms with Crippen molar-refractivity contribution in [2.45, 2.75) is 52.6 Å². The van der Waals surface area contributed by atoms with Crippen LogP contribution >= 0.6 is 11.3 Å². The average molecular weight is 461 g/mol. The first-order chi connectivity index (χ1) is 15.9. The van der Waals surface area contributed by atoms with Crippen LogP contribution in [-0.4, -0.2) is 40.7 Å². The average Bonchev–Trinajstić information content (AvgIpc) is 3.31. The molecule has 172 valence electrons. The molecule has 1 aliphatic rings. The predicted octanol–water partition coefficient (Wildman–Crippen LogP) is 5.78. The predicted molar refractivity (Wildman–Crippen MR) is 135 cm³/mol. The number of thiophene rings is 1. The van der Waals surface area contributed by atoms with Crippen molar-refractivity contribution in [2.24, 2.45) is 0 Å². The van der Waals surface area contributed by atoms with Gasteiger partial charge in [0.05, 0.1) is 6.04 Å². The standard InChI is InChI=1S/C28H32N2O2S/c1-5-21(4)30(28(32)23-12-8-20(3)9-13-23)18-26(31)29-16-14-25-24(15-17-33-25)27(29)22-10-6-19(2)7-11-22/h6-13,15,17,21,27H,5,14,16,18H2,1-4H3. The fourth-order valence-electron chi connectivity index (χ4n) is 4.44. The fraction of sp³-hybridized carbons (Fsp3) is 0.357. The molecule has 0 bridgehead atoms. The van der Waals surface area contributed by atoms with E-state index >= 15 is 0 Å². The summed E-state index contributed by atoms with van der Waals surface area (Å²) < 4.78 is 0. The Hall–Kier alpha value is -2.92. The molecule has 2 unspecified atom stereocenters. The Bertz CT molecular complexity index is 1120. The van der Waals surface area contributed by atoms with Crippen molar-refractivity contribution in [3.8, 4) is 0 Å². The number of hydrogen-bond acceptors (Lipinski definition) is 3. The van der Waals surface area contributed by atoms with Gasteiger partial charge in [0.2, 0.25) is 5.91 Å². The first kappa shape index (κ1) is 23.2. The third-order valence-electron chi connectivity index (χ3n) is 6.67. The van der Waals surface area contributed by atoms with Gasteiger partial charge in [-0.1, -0.05) is 54.4 Å². The van der Waals surface area contributed by atoms with Gasteiger partial charge in [-0.15, -0.1) is 11.3 Å². The van der Waals surface area contributed by atoms with E-state index in [1.807, 2.05) is 43.0 Å². The Morgan fingerprint density at radius 3 is 2.30 bits per heavy atom. The van der Waals surface area contributed by atoms with Gasteiger partial charge >= 0.3 is 0 Å². The van der Waals surface area contributed by atoms with Crippen LogP contribution in [0.2, 0.25) is 0 Å². The van der Waals surface area contributed by atoms with Crippen molar-refractivity contribution < 1.29 is 9.59 Å². The van der Waals surface area contributed by atoms with Crippen LogP contribution in [0.25, 0.3) is 0 Å².